The molecule has 2 amide bonds. The van der Waals surface area contributed by atoms with Crippen LogP contribution in [-0.2, 0) is 9.59 Å². The maximum absolute atomic E-state index is 10.9. The lowest BCUT2D eigenvalue weighted by Crippen LogP contribution is -2.47. The summed E-state index contributed by atoms with van der Waals surface area (Å²) in [5.74, 6) is -1.97. The van der Waals surface area contributed by atoms with Crippen LogP contribution in [0.15, 0.2) is 0 Å². The number of nitrogens with two attached hydrogens (primary N) is 1. The lowest BCUT2D eigenvalue weighted by molar-refractivity contribution is -0.144. The highest BCUT2D eigenvalue weighted by atomic mass is 16.4. The van der Waals surface area contributed by atoms with E-state index in [1.165, 1.54) is 6.92 Å². The van der Waals surface area contributed by atoms with Gasteiger partial charge in [0.1, 0.15) is 12.1 Å². The zero-order valence-corrected chi connectivity index (χ0v) is 9.88. The molecule has 0 rings (SSSR count). The molecule has 0 aliphatic rings. The summed E-state index contributed by atoms with van der Waals surface area (Å²) in [6, 6.07) is -0.943. The quantitative estimate of drug-likeness (QED) is 0.441. The Morgan fingerprint density at radius 2 is 1.47 bits per heavy atom. The molecule has 0 spiro atoms. The van der Waals surface area contributed by atoms with E-state index in [9.17, 15) is 9.59 Å². The predicted molar refractivity (Wildman–Crippen MR) is 58.3 cm³/mol. The van der Waals surface area contributed by atoms with Crippen molar-refractivity contribution < 1.29 is 29.7 Å². The van der Waals surface area contributed by atoms with Gasteiger partial charge >= 0.3 is 12.1 Å². The van der Waals surface area contributed by atoms with Gasteiger partial charge in [-0.15, -0.1) is 0 Å². The van der Waals surface area contributed by atoms with Crippen molar-refractivity contribution in [3.63, 3.8) is 0 Å². The summed E-state index contributed by atoms with van der Waals surface area (Å²) < 4.78 is 0. The first-order valence-corrected chi connectivity index (χ1v) is 4.79. The van der Waals surface area contributed by atoms with Gasteiger partial charge in [0.05, 0.1) is 0 Å². The number of carbonyl (C=O) groups excluding carboxylic acids is 1. The number of aliphatic carboxylic acids is 1. The Kier molecular flexibility index (Phi) is 8.61. The number of rotatable bonds is 4. The SMILES string of the molecule is CC(O)C(=O)N[C@@H](C(=O)O)C(C)C.NC(=O)O. The molecule has 8 heteroatoms. The van der Waals surface area contributed by atoms with Crippen molar-refractivity contribution in [1.29, 1.82) is 0 Å². The lowest BCUT2D eigenvalue weighted by Gasteiger charge is -2.18. The molecule has 0 aromatic heterocycles. The molecule has 0 radical (unpaired) electrons. The predicted octanol–water partition coefficient (Wildman–Crippen LogP) is -0.784. The molecule has 1 unspecified atom stereocenters. The van der Waals surface area contributed by atoms with Crippen LogP contribution < -0.4 is 11.1 Å². The number of aliphatic hydroxyl groups excluding tert-OH is 1. The third-order valence-corrected chi connectivity index (χ3v) is 1.61. The molecule has 0 saturated heterocycles. The molecular formula is C9H18N2O6. The Bertz CT molecular complexity index is 273. The van der Waals surface area contributed by atoms with E-state index < -0.39 is 30.1 Å². The van der Waals surface area contributed by atoms with Crippen molar-refractivity contribution >= 4 is 18.0 Å². The van der Waals surface area contributed by atoms with Gasteiger partial charge in [0.2, 0.25) is 5.91 Å². The van der Waals surface area contributed by atoms with E-state index in [2.05, 4.69) is 11.1 Å². The highest BCUT2D eigenvalue weighted by molar-refractivity contribution is 5.85. The Hall–Kier alpha value is -1.83. The average molecular weight is 250 g/mol. The minimum absolute atomic E-state index is 0.208. The maximum Gasteiger partial charge on any atom is 0.402 e. The first-order valence-electron chi connectivity index (χ1n) is 4.79. The summed E-state index contributed by atoms with van der Waals surface area (Å²) in [7, 11) is 0. The topological polar surface area (TPSA) is 150 Å². The largest absolute Gasteiger partial charge is 0.480 e. The summed E-state index contributed by atoms with van der Waals surface area (Å²) in [6.07, 6.45) is -2.51. The molecule has 2 atom stereocenters. The van der Waals surface area contributed by atoms with Crippen LogP contribution in [0.5, 0.6) is 0 Å². The molecule has 6 N–H and O–H groups in total. The molecule has 0 saturated carbocycles. The van der Waals surface area contributed by atoms with E-state index in [4.69, 9.17) is 20.1 Å². The Balaban J connectivity index is 0. The molecule has 17 heavy (non-hydrogen) atoms. The van der Waals surface area contributed by atoms with E-state index in [-0.39, 0.29) is 5.92 Å². The number of primary amides is 1. The third kappa shape index (κ3) is 10.5. The van der Waals surface area contributed by atoms with E-state index in [1.54, 1.807) is 13.8 Å². The fraction of sp³-hybridized carbons (Fsp3) is 0.667. The summed E-state index contributed by atoms with van der Waals surface area (Å²) in [5.41, 5.74) is 4.03. The highest BCUT2D eigenvalue weighted by Crippen LogP contribution is 2.01. The molecule has 100 valence electrons. The zero-order chi connectivity index (χ0) is 14.2. The van der Waals surface area contributed by atoms with Crippen molar-refractivity contribution in [1.82, 2.24) is 5.32 Å². The summed E-state index contributed by atoms with van der Waals surface area (Å²) in [6.45, 7) is 4.65. The van der Waals surface area contributed by atoms with Crippen LogP contribution >= 0.6 is 0 Å². The first kappa shape index (κ1) is 17.6. The van der Waals surface area contributed by atoms with E-state index in [0.29, 0.717) is 0 Å². The number of nitrogens with one attached hydrogen (secondary N) is 1. The maximum atomic E-state index is 10.9. The Labute approximate surface area is 98.4 Å². The van der Waals surface area contributed by atoms with Crippen molar-refractivity contribution in [2.75, 3.05) is 0 Å². The van der Waals surface area contributed by atoms with Gasteiger partial charge in [-0.3, -0.25) is 4.79 Å². The summed E-state index contributed by atoms with van der Waals surface area (Å²) in [4.78, 5) is 30.3. The van der Waals surface area contributed by atoms with E-state index in [0.717, 1.165) is 0 Å². The molecule has 8 nitrogen and oxygen atoms in total. The minimum atomic E-state index is -1.33. The molecular weight excluding hydrogens is 232 g/mol. The minimum Gasteiger partial charge on any atom is -0.480 e. The Morgan fingerprint density at radius 1 is 1.12 bits per heavy atom. The van der Waals surface area contributed by atoms with Gasteiger partial charge in [0.15, 0.2) is 0 Å². The fourth-order valence-corrected chi connectivity index (χ4v) is 0.787. The number of hydrogen-bond donors (Lipinski definition) is 5. The second-order valence-electron chi connectivity index (χ2n) is 3.58. The number of aliphatic hydroxyl groups is 1. The number of carboxylic acids is 1. The monoisotopic (exact) mass is 250 g/mol. The van der Waals surface area contributed by atoms with Crippen molar-refractivity contribution in [3.05, 3.63) is 0 Å². The van der Waals surface area contributed by atoms with Gasteiger partial charge in [-0.1, -0.05) is 13.8 Å². The molecule has 0 aromatic carbocycles. The van der Waals surface area contributed by atoms with Gasteiger partial charge in [-0.2, -0.15) is 0 Å². The third-order valence-electron chi connectivity index (χ3n) is 1.61. The van der Waals surface area contributed by atoms with Crippen molar-refractivity contribution in [2.24, 2.45) is 11.7 Å². The molecule has 0 aliphatic carbocycles. The standard InChI is InChI=1S/C8H15NO4.CH3NO2/c1-4(2)6(8(12)13)9-7(11)5(3)10;2-1(3)4/h4-6,10H,1-3H3,(H,9,11)(H,12,13);2H2,(H,3,4)/t5?,6-;/m1./s1. The fourth-order valence-electron chi connectivity index (χ4n) is 0.787. The molecule has 0 aromatic rings. The van der Waals surface area contributed by atoms with Gasteiger partial charge in [-0.05, 0) is 12.8 Å². The van der Waals surface area contributed by atoms with Gasteiger partial charge in [0, 0.05) is 0 Å². The van der Waals surface area contributed by atoms with Gasteiger partial charge in [-0.25, -0.2) is 9.59 Å². The van der Waals surface area contributed by atoms with Crippen LogP contribution in [0.3, 0.4) is 0 Å². The second-order valence-corrected chi connectivity index (χ2v) is 3.58. The number of carboxylic acid groups (broad SMARTS) is 2. The van der Waals surface area contributed by atoms with Crippen LogP contribution in [0.4, 0.5) is 4.79 Å². The van der Waals surface area contributed by atoms with Gasteiger partial charge < -0.3 is 26.4 Å². The smallest absolute Gasteiger partial charge is 0.402 e. The molecule has 0 heterocycles. The number of hydrogen-bond acceptors (Lipinski definition) is 4. The molecule has 0 bridgehead atoms. The van der Waals surface area contributed by atoms with Crippen molar-refractivity contribution in [2.45, 2.75) is 32.9 Å². The van der Waals surface area contributed by atoms with E-state index in [1.807, 2.05) is 0 Å². The summed E-state index contributed by atoms with van der Waals surface area (Å²) in [5, 5.41) is 26.9. The first-order chi connectivity index (χ1) is 7.59. The summed E-state index contributed by atoms with van der Waals surface area (Å²) >= 11 is 0. The van der Waals surface area contributed by atoms with Crippen LogP contribution in [-0.4, -0.2) is 45.4 Å². The van der Waals surface area contributed by atoms with Crippen LogP contribution in [0.25, 0.3) is 0 Å². The highest BCUT2D eigenvalue weighted by Gasteiger charge is 2.24. The van der Waals surface area contributed by atoms with Crippen LogP contribution in [0.1, 0.15) is 20.8 Å². The molecule has 0 fully saturated rings. The molecule has 0 aliphatic heterocycles. The van der Waals surface area contributed by atoms with Crippen molar-refractivity contribution in [3.8, 4) is 0 Å². The zero-order valence-electron chi connectivity index (χ0n) is 9.88. The van der Waals surface area contributed by atoms with Crippen LogP contribution in [0.2, 0.25) is 0 Å². The second kappa shape index (κ2) is 8.34. The van der Waals surface area contributed by atoms with E-state index >= 15 is 0 Å². The normalized spacial score (nSPS) is 13.0. The average Bonchev–Trinajstić information content (AvgIpc) is 2.11. The lowest BCUT2D eigenvalue weighted by atomic mass is 10.0. The Morgan fingerprint density at radius 3 is 1.65 bits per heavy atom. The number of amides is 2. The number of carbonyl (C=O) groups is 3. The van der Waals surface area contributed by atoms with Gasteiger partial charge in [0.25, 0.3) is 0 Å². The van der Waals surface area contributed by atoms with Crippen LogP contribution in [0, 0.1) is 5.92 Å².